The molecule has 0 aliphatic carbocycles. The number of esters is 1. The van der Waals surface area contributed by atoms with Crippen LogP contribution in [0.3, 0.4) is 0 Å². The number of methoxy groups -OCH3 is 1. The van der Waals surface area contributed by atoms with Crippen LogP contribution in [-0.4, -0.2) is 55.7 Å². The lowest BCUT2D eigenvalue weighted by Crippen LogP contribution is -2.46. The van der Waals surface area contributed by atoms with Gasteiger partial charge in [0, 0.05) is 38.1 Å². The molecular formula is C25H29N3O3. The van der Waals surface area contributed by atoms with Crippen LogP contribution in [0.15, 0.2) is 48.5 Å². The van der Waals surface area contributed by atoms with Crippen LogP contribution in [0, 0.1) is 6.92 Å². The fraction of sp³-hybridized carbons (Fsp3) is 0.360. The number of para-hydroxylation sites is 3. The van der Waals surface area contributed by atoms with Gasteiger partial charge < -0.3 is 14.4 Å². The van der Waals surface area contributed by atoms with Crippen molar-refractivity contribution in [2.45, 2.75) is 20.4 Å². The lowest BCUT2D eigenvalue weighted by atomic mass is 10.0. The van der Waals surface area contributed by atoms with E-state index in [0.717, 1.165) is 59.8 Å². The predicted molar refractivity (Wildman–Crippen MR) is 123 cm³/mol. The second-order valence-corrected chi connectivity index (χ2v) is 7.73. The third-order valence-electron chi connectivity index (χ3n) is 5.87. The molecule has 6 heteroatoms. The van der Waals surface area contributed by atoms with E-state index in [9.17, 15) is 4.79 Å². The number of aryl methyl sites for hydroxylation is 1. The highest BCUT2D eigenvalue weighted by atomic mass is 16.5. The van der Waals surface area contributed by atoms with Gasteiger partial charge in [-0.25, -0.2) is 4.79 Å². The third-order valence-corrected chi connectivity index (χ3v) is 5.87. The van der Waals surface area contributed by atoms with Gasteiger partial charge in [0.05, 0.1) is 36.2 Å². The maximum atomic E-state index is 12.6. The van der Waals surface area contributed by atoms with Gasteiger partial charge in [0.1, 0.15) is 5.75 Å². The molecule has 162 valence electrons. The Labute approximate surface area is 183 Å². The topological polar surface area (TPSA) is 54.9 Å². The number of piperazine rings is 1. The fourth-order valence-corrected chi connectivity index (χ4v) is 4.28. The van der Waals surface area contributed by atoms with E-state index in [4.69, 9.17) is 14.5 Å². The summed E-state index contributed by atoms with van der Waals surface area (Å²) in [6.45, 7) is 8.81. The van der Waals surface area contributed by atoms with Crippen LogP contribution in [0.4, 0.5) is 5.69 Å². The first-order valence-electron chi connectivity index (χ1n) is 10.8. The summed E-state index contributed by atoms with van der Waals surface area (Å²) >= 11 is 0. The van der Waals surface area contributed by atoms with Crippen molar-refractivity contribution < 1.29 is 14.3 Å². The molecule has 1 fully saturated rings. The molecular weight excluding hydrogens is 390 g/mol. The molecule has 0 atom stereocenters. The molecule has 0 radical (unpaired) electrons. The number of hydrogen-bond acceptors (Lipinski definition) is 6. The molecule has 1 aromatic heterocycles. The van der Waals surface area contributed by atoms with E-state index in [-0.39, 0.29) is 5.97 Å². The summed E-state index contributed by atoms with van der Waals surface area (Å²) in [6, 6.07) is 16.1. The number of fused-ring (bicyclic) bond motifs is 1. The van der Waals surface area contributed by atoms with E-state index in [1.807, 2.05) is 50.2 Å². The van der Waals surface area contributed by atoms with Crippen LogP contribution in [-0.2, 0) is 11.3 Å². The average Bonchev–Trinajstić information content (AvgIpc) is 2.80. The van der Waals surface area contributed by atoms with Crippen molar-refractivity contribution in [3.8, 4) is 5.75 Å². The maximum Gasteiger partial charge on any atom is 0.340 e. The minimum absolute atomic E-state index is 0.324. The lowest BCUT2D eigenvalue weighted by Gasteiger charge is -2.36. The van der Waals surface area contributed by atoms with Gasteiger partial charge in [-0.2, -0.15) is 0 Å². The highest BCUT2D eigenvalue weighted by molar-refractivity contribution is 5.98. The van der Waals surface area contributed by atoms with E-state index < -0.39 is 0 Å². The second kappa shape index (κ2) is 9.35. The average molecular weight is 420 g/mol. The van der Waals surface area contributed by atoms with Crippen molar-refractivity contribution in [2.75, 3.05) is 44.8 Å². The number of pyridine rings is 1. The summed E-state index contributed by atoms with van der Waals surface area (Å²) < 4.78 is 10.9. The summed E-state index contributed by atoms with van der Waals surface area (Å²) in [6.07, 6.45) is 0. The summed E-state index contributed by atoms with van der Waals surface area (Å²) in [4.78, 5) is 22.1. The Morgan fingerprint density at radius 2 is 1.74 bits per heavy atom. The molecule has 2 heterocycles. The minimum Gasteiger partial charge on any atom is -0.492 e. The van der Waals surface area contributed by atoms with Crippen molar-refractivity contribution in [1.29, 1.82) is 0 Å². The molecule has 0 saturated carbocycles. The van der Waals surface area contributed by atoms with Gasteiger partial charge in [0.2, 0.25) is 0 Å². The molecule has 0 bridgehead atoms. The summed E-state index contributed by atoms with van der Waals surface area (Å²) in [5.74, 6) is 0.605. The summed E-state index contributed by atoms with van der Waals surface area (Å²) in [5.41, 5.74) is 4.35. The van der Waals surface area contributed by atoms with Crippen LogP contribution in [0.5, 0.6) is 5.75 Å². The molecule has 6 nitrogen and oxygen atoms in total. The second-order valence-electron chi connectivity index (χ2n) is 7.73. The first kappa shape index (κ1) is 21.1. The van der Waals surface area contributed by atoms with Gasteiger partial charge in [-0.15, -0.1) is 0 Å². The van der Waals surface area contributed by atoms with E-state index in [0.29, 0.717) is 18.7 Å². The standard InChI is InChI=1S/C25H29N3O3/c1-4-31-23-12-8-7-11-22(23)28-15-13-27(14-16-28)17-21-24(25(29)30-3)18(2)19-9-5-6-10-20(19)26-21/h5-12H,4,13-17H2,1-3H3. The molecule has 0 unspecified atom stereocenters. The highest BCUT2D eigenvalue weighted by Crippen LogP contribution is 2.29. The molecule has 4 rings (SSSR count). The fourth-order valence-electron chi connectivity index (χ4n) is 4.28. The number of nitrogens with zero attached hydrogens (tertiary/aromatic N) is 3. The molecule has 3 aromatic rings. The Hall–Kier alpha value is -3.12. The van der Waals surface area contributed by atoms with E-state index >= 15 is 0 Å². The first-order chi connectivity index (χ1) is 15.1. The van der Waals surface area contributed by atoms with Crippen LogP contribution >= 0.6 is 0 Å². The van der Waals surface area contributed by atoms with Crippen molar-refractivity contribution in [3.63, 3.8) is 0 Å². The Morgan fingerprint density at radius 3 is 2.48 bits per heavy atom. The van der Waals surface area contributed by atoms with Crippen LogP contribution in [0.1, 0.15) is 28.5 Å². The van der Waals surface area contributed by atoms with Gasteiger partial charge in [0.25, 0.3) is 0 Å². The van der Waals surface area contributed by atoms with Crippen LogP contribution in [0.2, 0.25) is 0 Å². The molecule has 0 amide bonds. The third kappa shape index (κ3) is 4.35. The smallest absolute Gasteiger partial charge is 0.340 e. The highest BCUT2D eigenvalue weighted by Gasteiger charge is 2.24. The molecule has 0 N–H and O–H groups in total. The largest absolute Gasteiger partial charge is 0.492 e. The summed E-state index contributed by atoms with van der Waals surface area (Å²) in [7, 11) is 1.43. The number of benzene rings is 2. The zero-order valence-corrected chi connectivity index (χ0v) is 18.4. The minimum atomic E-state index is -0.324. The molecule has 2 aromatic carbocycles. The molecule has 31 heavy (non-hydrogen) atoms. The Kier molecular flexibility index (Phi) is 6.37. The summed E-state index contributed by atoms with van der Waals surface area (Å²) in [5, 5.41) is 0.990. The zero-order valence-electron chi connectivity index (χ0n) is 18.4. The van der Waals surface area contributed by atoms with Crippen LogP contribution < -0.4 is 9.64 Å². The number of carbonyl (C=O) groups excluding carboxylic acids is 1. The van der Waals surface area contributed by atoms with E-state index in [1.165, 1.54) is 7.11 Å². The van der Waals surface area contributed by atoms with Gasteiger partial charge in [-0.3, -0.25) is 9.88 Å². The Bertz CT molecular complexity index is 1070. The monoisotopic (exact) mass is 419 g/mol. The van der Waals surface area contributed by atoms with Crippen molar-refractivity contribution in [1.82, 2.24) is 9.88 Å². The maximum absolute atomic E-state index is 12.6. The lowest BCUT2D eigenvalue weighted by molar-refractivity contribution is 0.0596. The number of anilines is 1. The molecule has 1 aliphatic rings. The van der Waals surface area contributed by atoms with Gasteiger partial charge in [-0.1, -0.05) is 30.3 Å². The molecule has 1 saturated heterocycles. The normalized spacial score (nSPS) is 14.6. The van der Waals surface area contributed by atoms with Gasteiger partial charge in [0.15, 0.2) is 0 Å². The first-order valence-corrected chi connectivity index (χ1v) is 10.8. The molecule has 1 aliphatic heterocycles. The predicted octanol–water partition coefficient (Wildman–Crippen LogP) is 4.05. The van der Waals surface area contributed by atoms with E-state index in [2.05, 4.69) is 21.9 Å². The molecule has 0 spiro atoms. The SMILES string of the molecule is CCOc1ccccc1N1CCN(Cc2nc3ccccc3c(C)c2C(=O)OC)CC1. The number of ether oxygens (including phenoxy) is 2. The van der Waals surface area contributed by atoms with Crippen LogP contribution in [0.25, 0.3) is 10.9 Å². The number of hydrogen-bond donors (Lipinski definition) is 0. The number of carbonyl (C=O) groups is 1. The number of aromatic nitrogens is 1. The number of rotatable bonds is 6. The van der Waals surface area contributed by atoms with Gasteiger partial charge >= 0.3 is 5.97 Å². The Morgan fingerprint density at radius 1 is 1.03 bits per heavy atom. The van der Waals surface area contributed by atoms with Crippen molar-refractivity contribution in [2.24, 2.45) is 0 Å². The Balaban J connectivity index is 1.54. The quantitative estimate of drug-likeness (QED) is 0.562. The van der Waals surface area contributed by atoms with Crippen molar-refractivity contribution in [3.05, 3.63) is 65.4 Å². The van der Waals surface area contributed by atoms with E-state index in [1.54, 1.807) is 0 Å². The zero-order chi connectivity index (χ0) is 21.8. The van der Waals surface area contributed by atoms with Crippen molar-refractivity contribution >= 4 is 22.6 Å². The van der Waals surface area contributed by atoms with Gasteiger partial charge in [-0.05, 0) is 37.6 Å².